The van der Waals surface area contributed by atoms with E-state index in [1.807, 2.05) is 24.3 Å². The van der Waals surface area contributed by atoms with Crippen molar-refractivity contribution < 1.29 is 17.9 Å². The summed E-state index contributed by atoms with van der Waals surface area (Å²) in [5, 5.41) is 7.28. The Balaban J connectivity index is 1.45. The predicted octanol–water partition coefficient (Wildman–Crippen LogP) is 1.74. The van der Waals surface area contributed by atoms with E-state index in [1.165, 1.54) is 43.0 Å². The summed E-state index contributed by atoms with van der Waals surface area (Å²) in [6.45, 7) is 0.404. The van der Waals surface area contributed by atoms with E-state index in [4.69, 9.17) is 4.74 Å². The van der Waals surface area contributed by atoms with Crippen LogP contribution in [0.5, 0.6) is 5.75 Å². The van der Waals surface area contributed by atoms with Gasteiger partial charge in [0.15, 0.2) is 5.82 Å². The quantitative estimate of drug-likeness (QED) is 0.494. The number of carbonyl (C=O) groups excluding carboxylic acids is 1. The number of carbonyl (C=O) groups is 1. The highest BCUT2D eigenvalue weighted by Gasteiger charge is 2.30. The van der Waals surface area contributed by atoms with Gasteiger partial charge in [-0.3, -0.25) is 9.36 Å². The first-order valence-corrected chi connectivity index (χ1v) is 12.3. The van der Waals surface area contributed by atoms with E-state index in [0.29, 0.717) is 11.4 Å². The fourth-order valence-electron chi connectivity index (χ4n) is 3.53. The van der Waals surface area contributed by atoms with E-state index in [9.17, 15) is 18.0 Å². The number of nitrogens with zero attached hydrogens (tertiary/aromatic N) is 4. The molecule has 34 heavy (non-hydrogen) atoms. The van der Waals surface area contributed by atoms with Crippen LogP contribution in [0.2, 0.25) is 0 Å². The summed E-state index contributed by atoms with van der Waals surface area (Å²) in [6.07, 6.45) is 1.87. The van der Waals surface area contributed by atoms with Gasteiger partial charge in [-0.2, -0.15) is 0 Å². The van der Waals surface area contributed by atoms with Crippen molar-refractivity contribution in [3.05, 3.63) is 64.6 Å². The highest BCUT2D eigenvalue weighted by molar-refractivity contribution is 7.89. The highest BCUT2D eigenvalue weighted by Crippen LogP contribution is 2.36. The third-order valence-corrected chi connectivity index (χ3v) is 7.46. The zero-order valence-electron chi connectivity index (χ0n) is 19.3. The Morgan fingerprint density at radius 1 is 1.12 bits per heavy atom. The van der Waals surface area contributed by atoms with Crippen molar-refractivity contribution in [3.8, 4) is 17.1 Å². The zero-order chi connectivity index (χ0) is 24.5. The van der Waals surface area contributed by atoms with Crippen LogP contribution in [0.3, 0.4) is 0 Å². The van der Waals surface area contributed by atoms with Gasteiger partial charge in [0.05, 0.1) is 18.6 Å². The Bertz CT molecular complexity index is 1340. The van der Waals surface area contributed by atoms with Gasteiger partial charge in [-0.1, -0.05) is 0 Å². The predicted molar refractivity (Wildman–Crippen MR) is 126 cm³/mol. The van der Waals surface area contributed by atoms with Crippen molar-refractivity contribution in [1.82, 2.24) is 24.0 Å². The Hall–Kier alpha value is -3.44. The van der Waals surface area contributed by atoms with Gasteiger partial charge >= 0.3 is 5.69 Å². The molecule has 0 saturated heterocycles. The SMILES string of the molecule is COc1ccc(-c2nn(CCNC(=O)c3ccc(S(=O)(=O)N(C)C)cc3)c(=O)n2C2CC2)cc1. The molecule has 1 aliphatic rings. The van der Waals surface area contributed by atoms with Crippen LogP contribution in [0.4, 0.5) is 0 Å². The highest BCUT2D eigenvalue weighted by atomic mass is 32.2. The first-order chi connectivity index (χ1) is 16.2. The molecule has 1 amide bonds. The summed E-state index contributed by atoms with van der Waals surface area (Å²) in [6, 6.07) is 13.2. The van der Waals surface area contributed by atoms with Gasteiger partial charge < -0.3 is 10.1 Å². The van der Waals surface area contributed by atoms with Crippen LogP contribution >= 0.6 is 0 Å². The topological polar surface area (TPSA) is 116 Å². The third-order valence-electron chi connectivity index (χ3n) is 5.63. The van der Waals surface area contributed by atoms with Gasteiger partial charge in [0.25, 0.3) is 5.91 Å². The summed E-state index contributed by atoms with van der Waals surface area (Å²) < 4.78 is 33.7. The van der Waals surface area contributed by atoms with Gasteiger partial charge in [-0.05, 0) is 61.4 Å². The summed E-state index contributed by atoms with van der Waals surface area (Å²) >= 11 is 0. The number of hydrogen-bond donors (Lipinski definition) is 1. The minimum absolute atomic E-state index is 0.109. The first kappa shape index (κ1) is 23.7. The fraction of sp³-hybridized carbons (Fsp3) is 0.348. The summed E-state index contributed by atoms with van der Waals surface area (Å²) in [4.78, 5) is 25.6. The number of ether oxygens (including phenoxy) is 1. The lowest BCUT2D eigenvalue weighted by molar-refractivity contribution is 0.0951. The van der Waals surface area contributed by atoms with Gasteiger partial charge in [0.1, 0.15) is 5.75 Å². The standard InChI is InChI=1S/C23H27N5O5S/c1-26(2)34(31,32)20-12-6-17(7-13-20)22(29)24-14-15-27-23(30)28(18-8-9-18)21(25-27)16-4-10-19(33-3)11-5-16/h4-7,10-13,18H,8-9,14-15H2,1-3H3,(H,24,29). The van der Waals surface area contributed by atoms with Crippen LogP contribution in [-0.4, -0.2) is 60.7 Å². The third kappa shape index (κ3) is 4.75. The maximum absolute atomic E-state index is 13.0. The van der Waals surface area contributed by atoms with Gasteiger partial charge in [-0.25, -0.2) is 22.2 Å². The number of nitrogens with one attached hydrogen (secondary N) is 1. The number of aromatic nitrogens is 3. The Kier molecular flexibility index (Phi) is 6.58. The monoisotopic (exact) mass is 485 g/mol. The molecule has 3 aromatic rings. The molecule has 10 nitrogen and oxygen atoms in total. The first-order valence-electron chi connectivity index (χ1n) is 10.9. The number of amides is 1. The molecule has 1 aromatic heterocycles. The molecule has 0 unspecified atom stereocenters. The van der Waals surface area contributed by atoms with E-state index in [-0.39, 0.29) is 35.6 Å². The van der Waals surface area contributed by atoms with Crippen molar-refractivity contribution in [3.63, 3.8) is 0 Å². The zero-order valence-corrected chi connectivity index (χ0v) is 20.1. The van der Waals surface area contributed by atoms with E-state index in [1.54, 1.807) is 11.7 Å². The Morgan fingerprint density at radius 2 is 1.76 bits per heavy atom. The number of sulfonamides is 1. The van der Waals surface area contributed by atoms with Gasteiger partial charge in [0, 0.05) is 37.8 Å². The number of rotatable bonds is 9. The van der Waals surface area contributed by atoms with Crippen molar-refractivity contribution in [2.24, 2.45) is 0 Å². The molecule has 4 rings (SSSR count). The molecule has 1 saturated carbocycles. The molecule has 1 fully saturated rings. The summed E-state index contributed by atoms with van der Waals surface area (Å²) in [5.74, 6) is 0.955. The number of methoxy groups -OCH3 is 1. The van der Waals surface area contributed by atoms with Crippen molar-refractivity contribution >= 4 is 15.9 Å². The van der Waals surface area contributed by atoms with E-state index < -0.39 is 10.0 Å². The lowest BCUT2D eigenvalue weighted by Crippen LogP contribution is -2.32. The molecule has 0 bridgehead atoms. The Labute approximate surface area is 197 Å². The van der Waals surface area contributed by atoms with Crippen molar-refractivity contribution in [2.45, 2.75) is 30.3 Å². The lowest BCUT2D eigenvalue weighted by Gasteiger charge is -2.11. The van der Waals surface area contributed by atoms with Crippen molar-refractivity contribution in [1.29, 1.82) is 0 Å². The van der Waals surface area contributed by atoms with Gasteiger partial charge in [-0.15, -0.1) is 5.10 Å². The molecule has 1 heterocycles. The molecule has 2 aromatic carbocycles. The molecule has 0 aliphatic heterocycles. The second-order valence-corrected chi connectivity index (χ2v) is 10.4. The molecule has 1 N–H and O–H groups in total. The second-order valence-electron chi connectivity index (χ2n) is 8.23. The molecule has 1 aliphatic carbocycles. The van der Waals surface area contributed by atoms with Crippen molar-refractivity contribution in [2.75, 3.05) is 27.7 Å². The van der Waals surface area contributed by atoms with E-state index >= 15 is 0 Å². The smallest absolute Gasteiger partial charge is 0.346 e. The van der Waals surface area contributed by atoms with Gasteiger partial charge in [0.2, 0.25) is 10.0 Å². The Morgan fingerprint density at radius 3 is 2.32 bits per heavy atom. The molecule has 0 atom stereocenters. The lowest BCUT2D eigenvalue weighted by atomic mass is 10.2. The number of benzene rings is 2. The van der Waals surface area contributed by atoms with Crippen LogP contribution in [-0.2, 0) is 16.6 Å². The molecular weight excluding hydrogens is 458 g/mol. The summed E-state index contributed by atoms with van der Waals surface area (Å²) in [5.41, 5.74) is 0.939. The van der Waals surface area contributed by atoms with E-state index in [0.717, 1.165) is 28.5 Å². The summed E-state index contributed by atoms with van der Waals surface area (Å²) in [7, 11) is 0.927. The molecule has 180 valence electrons. The maximum atomic E-state index is 13.0. The molecule has 0 radical (unpaired) electrons. The molecule has 0 spiro atoms. The maximum Gasteiger partial charge on any atom is 0.346 e. The van der Waals surface area contributed by atoms with Crippen LogP contribution < -0.4 is 15.7 Å². The minimum atomic E-state index is -3.56. The average Bonchev–Trinajstić information content (AvgIpc) is 3.62. The number of hydrogen-bond acceptors (Lipinski definition) is 6. The van der Waals surface area contributed by atoms with Crippen LogP contribution in [0.15, 0.2) is 58.2 Å². The second kappa shape index (κ2) is 9.43. The fourth-order valence-corrected chi connectivity index (χ4v) is 4.43. The van der Waals surface area contributed by atoms with Crippen LogP contribution in [0, 0.1) is 0 Å². The largest absolute Gasteiger partial charge is 0.497 e. The molecule has 11 heteroatoms. The van der Waals surface area contributed by atoms with E-state index in [2.05, 4.69) is 10.4 Å². The van der Waals surface area contributed by atoms with Crippen LogP contribution in [0.25, 0.3) is 11.4 Å². The van der Waals surface area contributed by atoms with Crippen LogP contribution in [0.1, 0.15) is 29.2 Å². The normalized spacial score (nSPS) is 13.8. The molecular formula is C23H27N5O5S. The average molecular weight is 486 g/mol. The minimum Gasteiger partial charge on any atom is -0.497 e.